The molecule has 150 valence electrons. The molecule has 1 N–H and O–H groups in total. The van der Waals surface area contributed by atoms with Crippen molar-refractivity contribution in [1.82, 2.24) is 10.2 Å². The van der Waals surface area contributed by atoms with Crippen molar-refractivity contribution in [2.45, 2.75) is 41.4 Å². The molecule has 1 fully saturated rings. The van der Waals surface area contributed by atoms with Crippen LogP contribution in [0.5, 0.6) is 0 Å². The summed E-state index contributed by atoms with van der Waals surface area (Å²) in [6.07, 6.45) is -4.03. The maximum Gasteiger partial charge on any atom is 0.416 e. The molecule has 2 aliphatic rings. The van der Waals surface area contributed by atoms with E-state index in [0.717, 1.165) is 23.9 Å². The minimum absolute atomic E-state index is 0.155. The molecule has 5 nitrogen and oxygen atoms in total. The molecule has 0 spiro atoms. The lowest BCUT2D eigenvalue weighted by Crippen LogP contribution is -2.52. The number of hydrogen-bond acceptors (Lipinski definition) is 4. The van der Waals surface area contributed by atoms with E-state index in [4.69, 9.17) is 0 Å². The molecule has 29 heavy (non-hydrogen) atoms. The van der Waals surface area contributed by atoms with Gasteiger partial charge in [-0.3, -0.25) is 19.7 Å². The number of piperidine rings is 1. The lowest BCUT2D eigenvalue weighted by Gasteiger charge is -2.29. The molecule has 0 bridgehead atoms. The molecule has 0 saturated carbocycles. The number of imide groups is 1. The fourth-order valence-electron chi connectivity index (χ4n) is 3.52. The number of hydrogen-bond donors (Lipinski definition) is 1. The van der Waals surface area contributed by atoms with Crippen LogP contribution < -0.4 is 5.32 Å². The number of rotatable bonds is 3. The molecule has 3 amide bonds. The van der Waals surface area contributed by atoms with Crippen molar-refractivity contribution in [3.63, 3.8) is 0 Å². The summed E-state index contributed by atoms with van der Waals surface area (Å²) in [5.74, 6) is -1.19. The van der Waals surface area contributed by atoms with Crippen LogP contribution in [0, 0.1) is 0 Å². The minimum atomic E-state index is -4.44. The standard InChI is InChI=1S/C20H15F3N2O3S/c21-20(22,23)11-3-1-4-12(9-11)29-16-6-2-5-13-14(16)10-25(19(13)28)15-7-8-17(26)24-18(15)27/h1-6,9,15H,7-8,10H2,(H,24,26,27). The van der Waals surface area contributed by atoms with E-state index in [1.807, 2.05) is 0 Å². The quantitative estimate of drug-likeness (QED) is 0.771. The largest absolute Gasteiger partial charge is 0.416 e. The zero-order chi connectivity index (χ0) is 20.8. The summed E-state index contributed by atoms with van der Waals surface area (Å²) in [4.78, 5) is 38.8. The first-order valence-corrected chi connectivity index (χ1v) is 9.67. The summed E-state index contributed by atoms with van der Waals surface area (Å²) in [6.45, 7) is 0.169. The number of amides is 3. The minimum Gasteiger partial charge on any atom is -0.322 e. The summed E-state index contributed by atoms with van der Waals surface area (Å²) in [5, 5.41) is 2.24. The molecule has 9 heteroatoms. The Hall–Kier alpha value is -2.81. The second kappa shape index (κ2) is 7.22. The van der Waals surface area contributed by atoms with Crippen molar-refractivity contribution < 1.29 is 27.6 Å². The molecule has 1 unspecified atom stereocenters. The highest BCUT2D eigenvalue weighted by molar-refractivity contribution is 7.99. The van der Waals surface area contributed by atoms with Gasteiger partial charge < -0.3 is 4.90 Å². The van der Waals surface area contributed by atoms with Crippen molar-refractivity contribution in [3.05, 3.63) is 59.2 Å². The first-order chi connectivity index (χ1) is 13.7. The summed E-state index contributed by atoms with van der Waals surface area (Å²) in [5.41, 5.74) is 0.354. The number of carbonyl (C=O) groups is 3. The van der Waals surface area contributed by atoms with Crippen LogP contribution in [-0.2, 0) is 22.3 Å². The van der Waals surface area contributed by atoms with Gasteiger partial charge in [-0.05, 0) is 42.3 Å². The van der Waals surface area contributed by atoms with E-state index >= 15 is 0 Å². The highest BCUT2D eigenvalue weighted by Gasteiger charge is 2.40. The maximum atomic E-state index is 13.0. The van der Waals surface area contributed by atoms with Crippen LogP contribution in [0.25, 0.3) is 0 Å². The number of alkyl halides is 3. The third kappa shape index (κ3) is 3.74. The van der Waals surface area contributed by atoms with Crippen molar-refractivity contribution >= 4 is 29.5 Å². The molecule has 2 aromatic carbocycles. The van der Waals surface area contributed by atoms with Crippen LogP contribution in [0.4, 0.5) is 13.2 Å². The monoisotopic (exact) mass is 420 g/mol. The van der Waals surface area contributed by atoms with Gasteiger partial charge in [0.15, 0.2) is 0 Å². The van der Waals surface area contributed by atoms with Gasteiger partial charge in [-0.25, -0.2) is 0 Å². The van der Waals surface area contributed by atoms with E-state index in [9.17, 15) is 27.6 Å². The molecule has 0 aliphatic carbocycles. The number of carbonyl (C=O) groups excluding carboxylic acids is 3. The highest BCUT2D eigenvalue weighted by atomic mass is 32.2. The zero-order valence-electron chi connectivity index (χ0n) is 15.0. The third-order valence-corrected chi connectivity index (χ3v) is 6.02. The Bertz CT molecular complexity index is 1020. The molecular weight excluding hydrogens is 405 g/mol. The molecule has 0 radical (unpaired) electrons. The molecule has 2 aliphatic heterocycles. The van der Waals surface area contributed by atoms with Gasteiger partial charge in [-0.2, -0.15) is 13.2 Å². The van der Waals surface area contributed by atoms with Crippen LogP contribution in [0.2, 0.25) is 0 Å². The Morgan fingerprint density at radius 1 is 1.07 bits per heavy atom. The van der Waals surface area contributed by atoms with Crippen molar-refractivity contribution in [3.8, 4) is 0 Å². The molecule has 0 aromatic heterocycles. The SMILES string of the molecule is O=C1CCC(N2Cc3c(Sc4cccc(C(F)(F)F)c4)cccc3C2=O)C(=O)N1. The molecule has 1 saturated heterocycles. The molecule has 1 atom stereocenters. The Morgan fingerprint density at radius 3 is 2.55 bits per heavy atom. The second-order valence-electron chi connectivity index (χ2n) is 6.81. The average molecular weight is 420 g/mol. The number of benzene rings is 2. The second-order valence-corrected chi connectivity index (χ2v) is 7.93. The maximum absolute atomic E-state index is 13.0. The summed E-state index contributed by atoms with van der Waals surface area (Å²) in [6, 6.07) is 9.31. The molecular formula is C20H15F3N2O3S. The first-order valence-electron chi connectivity index (χ1n) is 8.86. The fourth-order valence-corrected chi connectivity index (χ4v) is 4.55. The summed E-state index contributed by atoms with van der Waals surface area (Å²) < 4.78 is 38.9. The Morgan fingerprint density at radius 2 is 1.83 bits per heavy atom. The van der Waals surface area contributed by atoms with Crippen LogP contribution in [0.15, 0.2) is 52.3 Å². The predicted octanol–water partition coefficient (Wildman–Crippen LogP) is 3.62. The van der Waals surface area contributed by atoms with E-state index in [-0.39, 0.29) is 31.2 Å². The van der Waals surface area contributed by atoms with Gasteiger partial charge in [-0.15, -0.1) is 0 Å². The topological polar surface area (TPSA) is 66.5 Å². The van der Waals surface area contributed by atoms with E-state index in [1.165, 1.54) is 11.0 Å². The summed E-state index contributed by atoms with van der Waals surface area (Å²) in [7, 11) is 0. The normalized spacial score (nSPS) is 19.3. The first kappa shape index (κ1) is 19.5. The van der Waals surface area contributed by atoms with Gasteiger partial charge in [0.2, 0.25) is 11.8 Å². The number of nitrogens with zero attached hydrogens (tertiary/aromatic N) is 1. The third-order valence-electron chi connectivity index (χ3n) is 4.93. The molecule has 2 aromatic rings. The van der Waals surface area contributed by atoms with Crippen molar-refractivity contribution in [2.75, 3.05) is 0 Å². The number of fused-ring (bicyclic) bond motifs is 1. The van der Waals surface area contributed by atoms with Gasteiger partial charge >= 0.3 is 6.18 Å². The van der Waals surface area contributed by atoms with E-state index in [2.05, 4.69) is 5.32 Å². The lowest BCUT2D eigenvalue weighted by molar-refractivity contribution is -0.138. The van der Waals surface area contributed by atoms with Crippen LogP contribution in [0.1, 0.15) is 34.3 Å². The van der Waals surface area contributed by atoms with E-state index in [1.54, 1.807) is 24.3 Å². The van der Waals surface area contributed by atoms with Crippen molar-refractivity contribution in [2.24, 2.45) is 0 Å². The number of halogens is 3. The Kier molecular flexibility index (Phi) is 4.85. The van der Waals surface area contributed by atoms with Gasteiger partial charge in [0.25, 0.3) is 5.91 Å². The van der Waals surface area contributed by atoms with Crippen LogP contribution >= 0.6 is 11.8 Å². The summed E-state index contributed by atoms with van der Waals surface area (Å²) >= 11 is 1.14. The highest BCUT2D eigenvalue weighted by Crippen LogP contribution is 2.39. The average Bonchev–Trinajstić information content (AvgIpc) is 2.99. The van der Waals surface area contributed by atoms with Crippen LogP contribution in [-0.4, -0.2) is 28.7 Å². The smallest absolute Gasteiger partial charge is 0.322 e. The molecule has 4 rings (SSSR count). The van der Waals surface area contributed by atoms with E-state index in [0.29, 0.717) is 20.9 Å². The number of nitrogens with one attached hydrogen (secondary N) is 1. The fraction of sp³-hybridized carbons (Fsp3) is 0.250. The zero-order valence-corrected chi connectivity index (χ0v) is 15.8. The van der Waals surface area contributed by atoms with Gasteiger partial charge in [-0.1, -0.05) is 23.9 Å². The Balaban J connectivity index is 1.61. The van der Waals surface area contributed by atoms with Crippen molar-refractivity contribution in [1.29, 1.82) is 0 Å². The molecule has 2 heterocycles. The predicted molar refractivity (Wildman–Crippen MR) is 98.1 cm³/mol. The van der Waals surface area contributed by atoms with Gasteiger partial charge in [0, 0.05) is 28.3 Å². The van der Waals surface area contributed by atoms with Gasteiger partial charge in [0.1, 0.15) is 6.04 Å². The lowest BCUT2D eigenvalue weighted by atomic mass is 10.0. The Labute approximate surface area is 168 Å². The van der Waals surface area contributed by atoms with Crippen LogP contribution in [0.3, 0.4) is 0 Å². The van der Waals surface area contributed by atoms with Gasteiger partial charge in [0.05, 0.1) is 5.56 Å². The van der Waals surface area contributed by atoms with E-state index < -0.39 is 23.7 Å².